The summed E-state index contributed by atoms with van der Waals surface area (Å²) in [5.41, 5.74) is -1.44. The number of aromatic nitrogens is 3. The Morgan fingerprint density at radius 1 is 1.32 bits per heavy atom. The number of benzene rings is 1. The molecular weight excluding hydrogens is 263 g/mol. The third-order valence-electron chi connectivity index (χ3n) is 2.58. The van der Waals surface area contributed by atoms with E-state index in [2.05, 4.69) is 10.3 Å². The summed E-state index contributed by atoms with van der Waals surface area (Å²) in [5.74, 6) is 0. The van der Waals surface area contributed by atoms with Crippen molar-refractivity contribution in [1.29, 1.82) is 0 Å². The highest BCUT2D eigenvalue weighted by atomic mass is 19.4. The first-order valence-electron chi connectivity index (χ1n) is 5.49. The Kier molecular flexibility index (Phi) is 3.52. The molecular formula is C11H10F3N3O2. The van der Waals surface area contributed by atoms with Crippen molar-refractivity contribution in [2.75, 3.05) is 6.61 Å². The van der Waals surface area contributed by atoms with Gasteiger partial charge in [-0.1, -0.05) is 5.21 Å². The predicted octanol–water partition coefficient (Wildman–Crippen LogP) is 1.19. The Balaban J connectivity index is 2.56. The Morgan fingerprint density at radius 3 is 2.68 bits per heavy atom. The fourth-order valence-corrected chi connectivity index (χ4v) is 1.62. The van der Waals surface area contributed by atoms with E-state index >= 15 is 0 Å². The Labute approximate surface area is 105 Å². The normalized spacial score (nSPS) is 12.0. The lowest BCUT2D eigenvalue weighted by Gasteiger charge is -2.08. The van der Waals surface area contributed by atoms with Gasteiger partial charge in [0, 0.05) is 13.2 Å². The molecule has 1 aromatic carbocycles. The minimum Gasteiger partial charge on any atom is -0.396 e. The number of halogens is 3. The highest BCUT2D eigenvalue weighted by Gasteiger charge is 2.30. The second-order valence-electron chi connectivity index (χ2n) is 3.92. The lowest BCUT2D eigenvalue weighted by atomic mass is 10.1. The molecule has 102 valence electrons. The summed E-state index contributed by atoms with van der Waals surface area (Å²) in [6.07, 6.45) is -4.24. The average Bonchev–Trinajstić information content (AvgIpc) is 2.37. The number of hydrogen-bond donors (Lipinski definition) is 1. The predicted molar refractivity (Wildman–Crippen MR) is 60.5 cm³/mol. The van der Waals surface area contributed by atoms with Gasteiger partial charge in [0.15, 0.2) is 0 Å². The SMILES string of the molecule is O=c1c2cc(C(F)(F)F)ccc2nnn1CCCO. The van der Waals surface area contributed by atoms with Crippen molar-refractivity contribution in [1.82, 2.24) is 15.0 Å². The number of hydrogen-bond acceptors (Lipinski definition) is 4. The molecule has 2 rings (SSSR count). The van der Waals surface area contributed by atoms with Gasteiger partial charge < -0.3 is 5.11 Å². The van der Waals surface area contributed by atoms with Gasteiger partial charge in [-0.2, -0.15) is 13.2 Å². The van der Waals surface area contributed by atoms with E-state index in [0.29, 0.717) is 0 Å². The molecule has 0 fully saturated rings. The summed E-state index contributed by atoms with van der Waals surface area (Å²) in [5, 5.41) is 15.8. The molecule has 19 heavy (non-hydrogen) atoms. The molecule has 0 spiro atoms. The van der Waals surface area contributed by atoms with Gasteiger partial charge in [0.2, 0.25) is 0 Å². The van der Waals surface area contributed by atoms with Crippen LogP contribution >= 0.6 is 0 Å². The minimum absolute atomic E-state index is 0.106. The van der Waals surface area contributed by atoms with Crippen molar-refractivity contribution in [2.24, 2.45) is 0 Å². The Bertz CT molecular complexity index is 652. The van der Waals surface area contributed by atoms with Gasteiger partial charge in [0.25, 0.3) is 5.56 Å². The molecule has 0 saturated heterocycles. The summed E-state index contributed by atoms with van der Waals surface area (Å²) < 4.78 is 38.7. The zero-order chi connectivity index (χ0) is 14.0. The molecule has 8 heteroatoms. The first-order valence-corrected chi connectivity index (χ1v) is 5.49. The molecule has 0 unspecified atom stereocenters. The summed E-state index contributed by atoms with van der Waals surface area (Å²) in [6.45, 7) is -0.0384. The van der Waals surface area contributed by atoms with E-state index in [1.165, 1.54) is 0 Å². The number of alkyl halides is 3. The quantitative estimate of drug-likeness (QED) is 0.912. The maximum Gasteiger partial charge on any atom is 0.416 e. The highest BCUT2D eigenvalue weighted by Crippen LogP contribution is 2.30. The molecule has 2 aromatic rings. The fraction of sp³-hybridized carbons (Fsp3) is 0.364. The van der Waals surface area contributed by atoms with Crippen LogP contribution in [0, 0.1) is 0 Å². The van der Waals surface area contributed by atoms with Crippen molar-refractivity contribution in [2.45, 2.75) is 19.1 Å². The van der Waals surface area contributed by atoms with Gasteiger partial charge in [-0.3, -0.25) is 4.79 Å². The largest absolute Gasteiger partial charge is 0.416 e. The zero-order valence-corrected chi connectivity index (χ0v) is 9.68. The zero-order valence-electron chi connectivity index (χ0n) is 9.68. The number of rotatable bonds is 3. The van der Waals surface area contributed by atoms with E-state index in [4.69, 9.17) is 5.11 Å². The van der Waals surface area contributed by atoms with Crippen LogP contribution in [0.2, 0.25) is 0 Å². The molecule has 1 aromatic heterocycles. The Hall–Kier alpha value is -1.96. The van der Waals surface area contributed by atoms with Crippen molar-refractivity contribution in [3.8, 4) is 0 Å². The number of nitrogens with zero attached hydrogens (tertiary/aromatic N) is 3. The molecule has 1 N–H and O–H groups in total. The van der Waals surface area contributed by atoms with Crippen LogP contribution in [0.25, 0.3) is 10.9 Å². The van der Waals surface area contributed by atoms with Crippen molar-refractivity contribution < 1.29 is 18.3 Å². The standard InChI is InChI=1S/C11H10F3N3O2/c12-11(13,14)7-2-3-9-8(6-7)10(19)17(16-15-9)4-1-5-18/h2-3,6,18H,1,4-5H2. The number of aryl methyl sites for hydroxylation is 1. The maximum absolute atomic E-state index is 12.6. The van der Waals surface area contributed by atoms with E-state index in [0.717, 1.165) is 22.9 Å². The smallest absolute Gasteiger partial charge is 0.396 e. The average molecular weight is 273 g/mol. The van der Waals surface area contributed by atoms with Crippen LogP contribution in [0.1, 0.15) is 12.0 Å². The number of fused-ring (bicyclic) bond motifs is 1. The van der Waals surface area contributed by atoms with Gasteiger partial charge in [-0.25, -0.2) is 4.68 Å². The Morgan fingerprint density at radius 2 is 2.05 bits per heavy atom. The van der Waals surface area contributed by atoms with E-state index < -0.39 is 17.3 Å². The molecule has 1 heterocycles. The van der Waals surface area contributed by atoms with Crippen LogP contribution in [0.15, 0.2) is 23.0 Å². The van der Waals surface area contributed by atoms with Crippen LogP contribution < -0.4 is 5.56 Å². The topological polar surface area (TPSA) is 68.0 Å². The van der Waals surface area contributed by atoms with E-state index in [9.17, 15) is 18.0 Å². The molecule has 0 saturated carbocycles. The third-order valence-corrected chi connectivity index (χ3v) is 2.58. The van der Waals surface area contributed by atoms with E-state index in [-0.39, 0.29) is 30.5 Å². The summed E-state index contributed by atoms with van der Waals surface area (Å²) in [4.78, 5) is 11.9. The molecule has 0 aliphatic rings. The van der Waals surface area contributed by atoms with E-state index in [1.54, 1.807) is 0 Å². The van der Waals surface area contributed by atoms with Crippen LogP contribution in [-0.2, 0) is 12.7 Å². The second-order valence-corrected chi connectivity index (χ2v) is 3.92. The molecule has 0 bridgehead atoms. The van der Waals surface area contributed by atoms with Crippen LogP contribution in [-0.4, -0.2) is 26.7 Å². The van der Waals surface area contributed by atoms with Crippen LogP contribution in [0.4, 0.5) is 13.2 Å². The molecule has 0 aliphatic carbocycles. The third kappa shape index (κ3) is 2.73. The highest BCUT2D eigenvalue weighted by molar-refractivity contribution is 5.77. The van der Waals surface area contributed by atoms with Crippen LogP contribution in [0.5, 0.6) is 0 Å². The fourth-order valence-electron chi connectivity index (χ4n) is 1.62. The van der Waals surface area contributed by atoms with Crippen molar-refractivity contribution >= 4 is 10.9 Å². The lowest BCUT2D eigenvalue weighted by molar-refractivity contribution is -0.137. The first-order chi connectivity index (χ1) is 8.93. The number of aliphatic hydroxyl groups is 1. The lowest BCUT2D eigenvalue weighted by Crippen LogP contribution is -2.25. The van der Waals surface area contributed by atoms with Gasteiger partial charge in [0.1, 0.15) is 5.52 Å². The molecule has 0 amide bonds. The second kappa shape index (κ2) is 4.96. The van der Waals surface area contributed by atoms with E-state index in [1.807, 2.05) is 0 Å². The summed E-state index contributed by atoms with van der Waals surface area (Å²) in [6, 6.07) is 2.74. The molecule has 0 aliphatic heterocycles. The van der Waals surface area contributed by atoms with Crippen LogP contribution in [0.3, 0.4) is 0 Å². The monoisotopic (exact) mass is 273 g/mol. The number of aliphatic hydroxyl groups excluding tert-OH is 1. The van der Waals surface area contributed by atoms with Gasteiger partial charge in [0.05, 0.1) is 10.9 Å². The first kappa shape index (κ1) is 13.5. The van der Waals surface area contributed by atoms with Crippen molar-refractivity contribution in [3.05, 3.63) is 34.1 Å². The summed E-state index contributed by atoms with van der Waals surface area (Å²) >= 11 is 0. The minimum atomic E-state index is -4.51. The molecule has 5 nitrogen and oxygen atoms in total. The van der Waals surface area contributed by atoms with Gasteiger partial charge in [-0.05, 0) is 24.6 Å². The molecule has 0 radical (unpaired) electrons. The maximum atomic E-state index is 12.6. The van der Waals surface area contributed by atoms with Gasteiger partial charge in [-0.15, -0.1) is 5.10 Å². The van der Waals surface area contributed by atoms with Crippen molar-refractivity contribution in [3.63, 3.8) is 0 Å². The molecule has 0 atom stereocenters. The van der Waals surface area contributed by atoms with Gasteiger partial charge >= 0.3 is 6.18 Å². The summed E-state index contributed by atoms with van der Waals surface area (Å²) in [7, 11) is 0.